The smallest absolute Gasteiger partial charge is 0.310 e. The van der Waals surface area contributed by atoms with Crippen LogP contribution in [-0.4, -0.2) is 38.6 Å². The van der Waals surface area contributed by atoms with Crippen LogP contribution in [0.15, 0.2) is 41.3 Å². The van der Waals surface area contributed by atoms with Gasteiger partial charge in [0.15, 0.2) is 9.84 Å². The van der Waals surface area contributed by atoms with Crippen molar-refractivity contribution in [3.8, 4) is 0 Å². The van der Waals surface area contributed by atoms with E-state index in [1.807, 2.05) is 19.0 Å². The molecule has 0 amide bonds. The lowest BCUT2D eigenvalue weighted by atomic mass is 10.1. The number of hydrogen-bond donors (Lipinski definition) is 1. The molecule has 0 fully saturated rings. The summed E-state index contributed by atoms with van der Waals surface area (Å²) in [5.41, 5.74) is 0.684. The highest BCUT2D eigenvalue weighted by molar-refractivity contribution is 7.90. The molecule has 2 aromatic carbocycles. The van der Waals surface area contributed by atoms with Crippen molar-refractivity contribution in [2.24, 2.45) is 0 Å². The number of nitrogens with zero attached hydrogens (tertiary/aromatic N) is 2. The van der Waals surface area contributed by atoms with Gasteiger partial charge in [-0.3, -0.25) is 10.1 Å². The van der Waals surface area contributed by atoms with Crippen molar-refractivity contribution in [1.82, 2.24) is 4.90 Å². The summed E-state index contributed by atoms with van der Waals surface area (Å²) in [4.78, 5) is 12.1. The first-order chi connectivity index (χ1) is 12.1. The Bertz CT molecular complexity index is 930. The van der Waals surface area contributed by atoms with Gasteiger partial charge < -0.3 is 10.2 Å². The van der Waals surface area contributed by atoms with Crippen molar-refractivity contribution in [1.29, 1.82) is 0 Å². The highest BCUT2D eigenvalue weighted by atomic mass is 32.2. The lowest BCUT2D eigenvalue weighted by Gasteiger charge is -2.13. The van der Waals surface area contributed by atoms with E-state index in [4.69, 9.17) is 0 Å². The summed E-state index contributed by atoms with van der Waals surface area (Å²) in [5, 5.41) is 14.2. The molecule has 0 spiro atoms. The average molecular weight is 381 g/mol. The maximum absolute atomic E-state index is 14.1. The number of rotatable bonds is 7. The van der Waals surface area contributed by atoms with Gasteiger partial charge in [0.1, 0.15) is 16.4 Å². The molecule has 0 aromatic heterocycles. The number of para-hydroxylation sites is 1. The van der Waals surface area contributed by atoms with Gasteiger partial charge in [0, 0.05) is 24.9 Å². The third kappa shape index (κ3) is 4.77. The van der Waals surface area contributed by atoms with Crippen LogP contribution in [0.25, 0.3) is 0 Å². The molecule has 0 bridgehead atoms. The first-order valence-corrected chi connectivity index (χ1v) is 9.62. The molecule has 0 saturated heterocycles. The van der Waals surface area contributed by atoms with Gasteiger partial charge in [0.2, 0.25) is 0 Å². The minimum atomic E-state index is -3.75. The van der Waals surface area contributed by atoms with Gasteiger partial charge in [-0.05, 0) is 37.9 Å². The summed E-state index contributed by atoms with van der Waals surface area (Å²) in [5.74, 6) is -0.364. The van der Waals surface area contributed by atoms with E-state index in [0.717, 1.165) is 6.26 Å². The molecule has 1 N–H and O–H groups in total. The number of nitro benzene ring substituents is 1. The number of hydrogen-bond acceptors (Lipinski definition) is 6. The Morgan fingerprint density at radius 2 is 1.92 bits per heavy atom. The standard InChI is InChI=1S/C17H20FN3O4S/c1-20(2)11-13-8-7-12(9-14(13)18)10-19-15-5-4-6-16(26(3,24)25)17(15)21(22)23/h4-9,19H,10-11H2,1-3H3. The van der Waals surface area contributed by atoms with Crippen molar-refractivity contribution in [2.75, 3.05) is 25.7 Å². The number of benzene rings is 2. The van der Waals surface area contributed by atoms with Crippen LogP contribution < -0.4 is 5.32 Å². The molecule has 0 heterocycles. The molecule has 26 heavy (non-hydrogen) atoms. The van der Waals surface area contributed by atoms with Gasteiger partial charge in [-0.2, -0.15) is 0 Å². The predicted molar refractivity (Wildman–Crippen MR) is 97.3 cm³/mol. The Balaban J connectivity index is 2.28. The number of anilines is 1. The molecule has 0 aliphatic heterocycles. The van der Waals surface area contributed by atoms with E-state index in [2.05, 4.69) is 5.32 Å². The Kier molecular flexibility index (Phi) is 5.94. The topological polar surface area (TPSA) is 92.6 Å². The maximum atomic E-state index is 14.1. The van der Waals surface area contributed by atoms with E-state index in [9.17, 15) is 22.9 Å². The average Bonchev–Trinajstić information content (AvgIpc) is 2.53. The zero-order valence-corrected chi connectivity index (χ0v) is 15.5. The first-order valence-electron chi connectivity index (χ1n) is 7.73. The van der Waals surface area contributed by atoms with E-state index in [1.54, 1.807) is 12.1 Å². The van der Waals surface area contributed by atoms with Crippen LogP contribution >= 0.6 is 0 Å². The van der Waals surface area contributed by atoms with Crippen molar-refractivity contribution in [2.45, 2.75) is 18.0 Å². The molecule has 9 heteroatoms. The third-order valence-electron chi connectivity index (χ3n) is 3.67. The second kappa shape index (κ2) is 7.79. The molecule has 0 unspecified atom stereocenters. The molecule has 0 radical (unpaired) electrons. The summed E-state index contributed by atoms with van der Waals surface area (Å²) in [6.07, 6.45) is 0.915. The monoisotopic (exact) mass is 381 g/mol. The molecule has 0 aliphatic rings. The second-order valence-electron chi connectivity index (χ2n) is 6.20. The quantitative estimate of drug-likeness (QED) is 0.586. The van der Waals surface area contributed by atoms with Crippen molar-refractivity contribution in [3.63, 3.8) is 0 Å². The fourth-order valence-corrected chi connectivity index (χ4v) is 3.38. The van der Waals surface area contributed by atoms with Crippen molar-refractivity contribution < 1.29 is 17.7 Å². The molecule has 2 rings (SSSR count). The molecule has 0 saturated carbocycles. The van der Waals surface area contributed by atoms with Gasteiger partial charge in [0.05, 0.1) is 4.92 Å². The number of halogens is 1. The lowest BCUT2D eigenvalue weighted by Crippen LogP contribution is -2.12. The van der Waals surface area contributed by atoms with Gasteiger partial charge in [-0.1, -0.05) is 18.2 Å². The normalized spacial score (nSPS) is 11.6. The van der Waals surface area contributed by atoms with E-state index >= 15 is 0 Å². The van der Waals surface area contributed by atoms with E-state index in [0.29, 0.717) is 17.7 Å². The summed E-state index contributed by atoms with van der Waals surface area (Å²) >= 11 is 0. The SMILES string of the molecule is CN(C)Cc1ccc(CNc2cccc(S(C)(=O)=O)c2[N+](=O)[O-])cc1F. The molecular formula is C17H20FN3O4S. The fourth-order valence-electron chi connectivity index (χ4n) is 2.52. The van der Waals surface area contributed by atoms with Crippen LogP contribution in [0.5, 0.6) is 0 Å². The second-order valence-corrected chi connectivity index (χ2v) is 8.18. The molecule has 7 nitrogen and oxygen atoms in total. The van der Waals surface area contributed by atoms with Gasteiger partial charge in [0.25, 0.3) is 0 Å². The highest BCUT2D eigenvalue weighted by Crippen LogP contribution is 2.32. The molecule has 0 atom stereocenters. The Labute approximate surface area is 151 Å². The van der Waals surface area contributed by atoms with Crippen LogP contribution in [0.2, 0.25) is 0 Å². The minimum absolute atomic E-state index is 0.0655. The zero-order valence-electron chi connectivity index (χ0n) is 14.7. The zero-order chi connectivity index (χ0) is 19.5. The van der Waals surface area contributed by atoms with E-state index in [-0.39, 0.29) is 22.9 Å². The van der Waals surface area contributed by atoms with Gasteiger partial charge in [-0.25, -0.2) is 12.8 Å². The van der Waals surface area contributed by atoms with Crippen LogP contribution in [0.1, 0.15) is 11.1 Å². The number of sulfone groups is 1. The van der Waals surface area contributed by atoms with Gasteiger partial charge >= 0.3 is 5.69 Å². The first kappa shape index (κ1) is 19.8. The highest BCUT2D eigenvalue weighted by Gasteiger charge is 2.25. The Morgan fingerprint density at radius 1 is 1.23 bits per heavy atom. The van der Waals surface area contributed by atoms with E-state index < -0.39 is 20.4 Å². The molecule has 2 aromatic rings. The molecule has 0 aliphatic carbocycles. The Morgan fingerprint density at radius 3 is 2.46 bits per heavy atom. The van der Waals surface area contributed by atoms with Crippen LogP contribution in [0.4, 0.5) is 15.8 Å². The van der Waals surface area contributed by atoms with Crippen LogP contribution in [0.3, 0.4) is 0 Å². The fraction of sp³-hybridized carbons (Fsp3) is 0.294. The maximum Gasteiger partial charge on any atom is 0.310 e. The summed E-state index contributed by atoms with van der Waals surface area (Å²) in [6, 6.07) is 8.78. The summed E-state index contributed by atoms with van der Waals surface area (Å²) in [6.45, 7) is 0.578. The number of nitrogens with one attached hydrogen (secondary N) is 1. The minimum Gasteiger partial charge on any atom is -0.375 e. The molecule has 140 valence electrons. The lowest BCUT2D eigenvalue weighted by molar-refractivity contribution is -0.386. The van der Waals surface area contributed by atoms with Crippen LogP contribution in [-0.2, 0) is 22.9 Å². The van der Waals surface area contributed by atoms with Crippen molar-refractivity contribution >= 4 is 21.2 Å². The Hall–Kier alpha value is -2.52. The van der Waals surface area contributed by atoms with Crippen LogP contribution in [0, 0.1) is 15.9 Å². The van der Waals surface area contributed by atoms with Crippen molar-refractivity contribution in [3.05, 3.63) is 63.5 Å². The van der Waals surface area contributed by atoms with Gasteiger partial charge in [-0.15, -0.1) is 0 Å². The third-order valence-corrected chi connectivity index (χ3v) is 4.80. The number of nitro groups is 1. The largest absolute Gasteiger partial charge is 0.375 e. The summed E-state index contributed by atoms with van der Waals surface area (Å²) < 4.78 is 37.7. The van der Waals surface area contributed by atoms with E-state index in [1.165, 1.54) is 24.3 Å². The molecular weight excluding hydrogens is 361 g/mol. The summed E-state index contributed by atoms with van der Waals surface area (Å²) in [7, 11) is -0.0819. The predicted octanol–water partition coefficient (Wildman–Crippen LogP) is 2.81.